The van der Waals surface area contributed by atoms with Crippen LogP contribution in [-0.4, -0.2) is 30.6 Å². The van der Waals surface area contributed by atoms with E-state index in [0.717, 1.165) is 40.2 Å². The van der Waals surface area contributed by atoms with Crippen LogP contribution >= 0.6 is 11.3 Å². The molecule has 0 spiro atoms. The van der Waals surface area contributed by atoms with Gasteiger partial charge in [-0.2, -0.15) is 0 Å². The number of hydrogen-bond acceptors (Lipinski definition) is 4. The van der Waals surface area contributed by atoms with E-state index in [9.17, 15) is 9.18 Å². The summed E-state index contributed by atoms with van der Waals surface area (Å²) >= 11 is 1.63. The van der Waals surface area contributed by atoms with Crippen molar-refractivity contribution in [1.82, 2.24) is 10.3 Å². The Labute approximate surface area is 180 Å². The fourth-order valence-electron chi connectivity index (χ4n) is 3.95. The van der Waals surface area contributed by atoms with Gasteiger partial charge < -0.3 is 10.1 Å². The number of thiazole rings is 1. The molecule has 0 radical (unpaired) electrons. The van der Waals surface area contributed by atoms with Gasteiger partial charge in [0.25, 0.3) is 0 Å². The molecule has 0 bridgehead atoms. The number of benzene rings is 2. The zero-order valence-corrected chi connectivity index (χ0v) is 17.8. The Hall–Kier alpha value is -2.57. The molecule has 1 N–H and O–H groups in total. The van der Waals surface area contributed by atoms with Crippen LogP contribution in [0.25, 0.3) is 11.3 Å². The van der Waals surface area contributed by atoms with Crippen molar-refractivity contribution >= 4 is 17.2 Å². The number of carbonyl (C=O) groups excluding carboxylic acids is 1. The van der Waals surface area contributed by atoms with Crippen LogP contribution in [-0.2, 0) is 21.4 Å². The SMILES string of the molecule is Cc1nc(-c2ccc(CC(=O)NCC3(c4cccc(F)c4)CCOCC3)cc2)cs1. The van der Waals surface area contributed by atoms with Crippen LogP contribution in [0, 0.1) is 12.7 Å². The van der Waals surface area contributed by atoms with Crippen LogP contribution in [0.3, 0.4) is 0 Å². The minimum atomic E-state index is -0.289. The van der Waals surface area contributed by atoms with E-state index in [1.165, 1.54) is 6.07 Å². The average molecular weight is 425 g/mol. The largest absolute Gasteiger partial charge is 0.381 e. The van der Waals surface area contributed by atoms with Gasteiger partial charge in [-0.05, 0) is 43.0 Å². The van der Waals surface area contributed by atoms with Crippen molar-refractivity contribution in [1.29, 1.82) is 0 Å². The van der Waals surface area contributed by atoms with E-state index in [1.54, 1.807) is 23.5 Å². The summed E-state index contributed by atoms with van der Waals surface area (Å²) in [6.07, 6.45) is 1.84. The van der Waals surface area contributed by atoms with Crippen LogP contribution in [0.5, 0.6) is 0 Å². The zero-order chi connectivity index (χ0) is 21.0. The molecule has 0 atom stereocenters. The zero-order valence-electron chi connectivity index (χ0n) is 17.0. The number of aromatic nitrogens is 1. The molecule has 2 aromatic carbocycles. The normalized spacial score (nSPS) is 15.7. The number of hydrogen-bond donors (Lipinski definition) is 1. The molecular weight excluding hydrogens is 399 g/mol. The summed E-state index contributed by atoms with van der Waals surface area (Å²) < 4.78 is 19.3. The number of ether oxygens (including phenoxy) is 1. The third kappa shape index (κ3) is 4.77. The molecule has 0 unspecified atom stereocenters. The molecule has 1 aromatic heterocycles. The standard InChI is InChI=1S/C24H25FN2O2S/c1-17-27-22(15-30-17)19-7-5-18(6-8-19)13-23(28)26-16-24(9-11-29-12-10-24)20-3-2-4-21(25)14-20/h2-8,14-15H,9-13,16H2,1H3,(H,26,28). The predicted molar refractivity (Wildman–Crippen MR) is 117 cm³/mol. The van der Waals surface area contributed by atoms with Crippen molar-refractivity contribution in [2.45, 2.75) is 31.6 Å². The number of aryl methyl sites for hydroxylation is 1. The summed E-state index contributed by atoms with van der Waals surface area (Å²) in [7, 11) is 0. The fourth-order valence-corrected chi connectivity index (χ4v) is 4.58. The van der Waals surface area contributed by atoms with Crippen molar-refractivity contribution in [2.75, 3.05) is 19.8 Å². The van der Waals surface area contributed by atoms with Gasteiger partial charge in [-0.3, -0.25) is 4.79 Å². The Bertz CT molecular complexity index is 1010. The Morgan fingerprint density at radius 1 is 1.20 bits per heavy atom. The van der Waals surface area contributed by atoms with Gasteiger partial charge in [-0.25, -0.2) is 9.37 Å². The molecule has 1 aliphatic heterocycles. The van der Waals surface area contributed by atoms with Crippen molar-refractivity contribution in [3.05, 3.63) is 75.9 Å². The summed E-state index contributed by atoms with van der Waals surface area (Å²) in [6.45, 7) is 3.70. The van der Waals surface area contributed by atoms with Crippen LogP contribution in [0.1, 0.15) is 29.0 Å². The van der Waals surface area contributed by atoms with Gasteiger partial charge in [-0.1, -0.05) is 36.4 Å². The molecule has 2 heterocycles. The second kappa shape index (κ2) is 9.06. The first-order valence-corrected chi connectivity index (χ1v) is 11.0. The molecule has 1 amide bonds. The highest BCUT2D eigenvalue weighted by Gasteiger charge is 2.35. The molecule has 1 saturated heterocycles. The number of amides is 1. The Morgan fingerprint density at radius 3 is 2.63 bits per heavy atom. The quantitative estimate of drug-likeness (QED) is 0.626. The van der Waals surface area contributed by atoms with Crippen molar-refractivity contribution in [2.24, 2.45) is 0 Å². The maximum atomic E-state index is 13.8. The molecule has 0 saturated carbocycles. The molecule has 30 heavy (non-hydrogen) atoms. The first-order chi connectivity index (χ1) is 14.5. The third-order valence-corrected chi connectivity index (χ3v) is 6.52. The predicted octanol–water partition coefficient (Wildman–Crippen LogP) is 4.66. The minimum Gasteiger partial charge on any atom is -0.381 e. The first kappa shape index (κ1) is 20.7. The highest BCUT2D eigenvalue weighted by Crippen LogP contribution is 2.34. The summed E-state index contributed by atoms with van der Waals surface area (Å²) in [4.78, 5) is 17.1. The topological polar surface area (TPSA) is 51.2 Å². The van der Waals surface area contributed by atoms with Crippen molar-refractivity contribution in [3.63, 3.8) is 0 Å². The van der Waals surface area contributed by atoms with Gasteiger partial charge >= 0.3 is 0 Å². The van der Waals surface area contributed by atoms with E-state index in [1.807, 2.05) is 42.6 Å². The van der Waals surface area contributed by atoms with E-state index in [0.29, 0.717) is 26.2 Å². The second-order valence-corrected chi connectivity index (χ2v) is 8.87. The Morgan fingerprint density at radius 2 is 1.97 bits per heavy atom. The average Bonchev–Trinajstić information content (AvgIpc) is 3.20. The smallest absolute Gasteiger partial charge is 0.224 e. The maximum Gasteiger partial charge on any atom is 0.224 e. The van der Waals surface area contributed by atoms with Gasteiger partial charge in [0.1, 0.15) is 5.82 Å². The van der Waals surface area contributed by atoms with Crippen LogP contribution in [0.4, 0.5) is 4.39 Å². The second-order valence-electron chi connectivity index (χ2n) is 7.81. The Balaban J connectivity index is 1.40. The van der Waals surface area contributed by atoms with Crippen LogP contribution < -0.4 is 5.32 Å². The van der Waals surface area contributed by atoms with E-state index >= 15 is 0 Å². The van der Waals surface area contributed by atoms with Crippen LogP contribution in [0.15, 0.2) is 53.9 Å². The van der Waals surface area contributed by atoms with E-state index < -0.39 is 0 Å². The molecule has 0 aliphatic carbocycles. The number of rotatable bonds is 6. The van der Waals surface area contributed by atoms with Gasteiger partial charge in [0.15, 0.2) is 0 Å². The highest BCUT2D eigenvalue weighted by atomic mass is 32.1. The summed E-state index contributed by atoms with van der Waals surface area (Å²) in [6, 6.07) is 14.7. The van der Waals surface area contributed by atoms with Crippen molar-refractivity contribution < 1.29 is 13.9 Å². The molecular formula is C24H25FN2O2S. The number of nitrogens with zero attached hydrogens (tertiary/aromatic N) is 1. The highest BCUT2D eigenvalue weighted by molar-refractivity contribution is 7.09. The lowest BCUT2D eigenvalue weighted by Gasteiger charge is -2.38. The molecule has 3 aromatic rings. The van der Waals surface area contributed by atoms with Gasteiger partial charge in [0.05, 0.1) is 17.1 Å². The molecule has 156 valence electrons. The van der Waals surface area contributed by atoms with Crippen molar-refractivity contribution in [3.8, 4) is 11.3 Å². The molecule has 4 rings (SSSR count). The molecule has 6 heteroatoms. The Kier molecular flexibility index (Phi) is 6.25. The van der Waals surface area contributed by atoms with E-state index in [2.05, 4.69) is 10.3 Å². The van der Waals surface area contributed by atoms with Crippen LogP contribution in [0.2, 0.25) is 0 Å². The molecule has 4 nitrogen and oxygen atoms in total. The minimum absolute atomic E-state index is 0.0328. The number of nitrogens with one attached hydrogen (secondary N) is 1. The number of halogens is 1. The number of carbonyl (C=O) groups is 1. The summed E-state index contributed by atoms with van der Waals surface area (Å²) in [5, 5.41) is 6.16. The maximum absolute atomic E-state index is 13.8. The summed E-state index contributed by atoms with van der Waals surface area (Å²) in [5.74, 6) is -0.283. The lowest BCUT2D eigenvalue weighted by molar-refractivity contribution is -0.120. The summed E-state index contributed by atoms with van der Waals surface area (Å²) in [5.41, 5.74) is 3.60. The fraction of sp³-hybridized carbons (Fsp3) is 0.333. The van der Waals surface area contributed by atoms with E-state index in [-0.39, 0.29) is 17.1 Å². The molecule has 1 fully saturated rings. The monoisotopic (exact) mass is 424 g/mol. The molecule has 1 aliphatic rings. The van der Waals surface area contributed by atoms with Gasteiger partial charge in [-0.15, -0.1) is 11.3 Å². The van der Waals surface area contributed by atoms with Gasteiger partial charge in [0, 0.05) is 36.1 Å². The third-order valence-electron chi connectivity index (χ3n) is 5.74. The lowest BCUT2D eigenvalue weighted by Crippen LogP contribution is -2.45. The first-order valence-electron chi connectivity index (χ1n) is 10.2. The lowest BCUT2D eigenvalue weighted by atomic mass is 9.74. The van der Waals surface area contributed by atoms with Gasteiger partial charge in [0.2, 0.25) is 5.91 Å². The van der Waals surface area contributed by atoms with E-state index in [4.69, 9.17) is 4.74 Å².